The third-order valence-electron chi connectivity index (χ3n) is 3.54. The first-order valence-corrected chi connectivity index (χ1v) is 7.13. The van der Waals surface area contributed by atoms with Crippen LogP contribution in [0.2, 0.25) is 0 Å². The Bertz CT molecular complexity index is 320. The maximum Gasteiger partial charge on any atom is 0.119 e. The molecule has 2 atom stereocenters. The van der Waals surface area contributed by atoms with Crippen molar-refractivity contribution in [1.29, 1.82) is 0 Å². The van der Waals surface area contributed by atoms with Gasteiger partial charge in [-0.1, -0.05) is 32.9 Å². The predicted octanol–water partition coefficient (Wildman–Crippen LogP) is 3.97. The molecule has 2 nitrogen and oxygen atoms in total. The lowest BCUT2D eigenvalue weighted by Crippen LogP contribution is -2.29. The van der Waals surface area contributed by atoms with E-state index < -0.39 is 0 Å². The molecule has 0 aliphatic heterocycles. The summed E-state index contributed by atoms with van der Waals surface area (Å²) in [7, 11) is 0. The second-order valence-electron chi connectivity index (χ2n) is 4.99. The highest BCUT2D eigenvalue weighted by Crippen LogP contribution is 2.21. The number of benzene rings is 1. The van der Waals surface area contributed by atoms with E-state index in [1.807, 2.05) is 0 Å². The van der Waals surface area contributed by atoms with E-state index in [1.54, 1.807) is 0 Å². The van der Waals surface area contributed by atoms with E-state index in [9.17, 15) is 0 Å². The fourth-order valence-electron chi connectivity index (χ4n) is 1.75. The van der Waals surface area contributed by atoms with Crippen LogP contribution in [0.3, 0.4) is 0 Å². The van der Waals surface area contributed by atoms with Crippen molar-refractivity contribution in [2.45, 2.75) is 52.5 Å². The monoisotopic (exact) mass is 249 g/mol. The quantitative estimate of drug-likeness (QED) is 0.704. The van der Waals surface area contributed by atoms with Gasteiger partial charge in [-0.2, -0.15) is 0 Å². The van der Waals surface area contributed by atoms with Crippen LogP contribution in [-0.2, 0) is 0 Å². The van der Waals surface area contributed by atoms with Gasteiger partial charge in [0.25, 0.3) is 0 Å². The first-order chi connectivity index (χ1) is 8.67. The molecule has 0 aliphatic rings. The summed E-state index contributed by atoms with van der Waals surface area (Å²) in [6.07, 6.45) is 2.34. The summed E-state index contributed by atoms with van der Waals surface area (Å²) >= 11 is 0. The largest absolute Gasteiger partial charge is 0.492 e. The lowest BCUT2D eigenvalue weighted by molar-refractivity contribution is 0.306. The molecule has 102 valence electrons. The van der Waals surface area contributed by atoms with Gasteiger partial charge in [0.1, 0.15) is 12.4 Å². The first kappa shape index (κ1) is 15.0. The van der Waals surface area contributed by atoms with Crippen molar-refractivity contribution in [1.82, 2.24) is 5.32 Å². The lowest BCUT2D eigenvalue weighted by atomic mass is 9.99. The molecule has 1 N–H and O–H groups in total. The average Bonchev–Trinajstić information content (AvgIpc) is 2.43. The molecule has 1 rings (SSSR count). The predicted molar refractivity (Wildman–Crippen MR) is 78.4 cm³/mol. The Kier molecular flexibility index (Phi) is 6.81. The van der Waals surface area contributed by atoms with Crippen LogP contribution in [0.1, 0.15) is 52.0 Å². The molecule has 0 saturated carbocycles. The Labute approximate surface area is 112 Å². The Morgan fingerprint density at radius 1 is 1.06 bits per heavy atom. The normalized spacial score (nSPS) is 14.2. The highest BCUT2D eigenvalue weighted by Gasteiger charge is 2.02. The zero-order chi connectivity index (χ0) is 13.4. The molecular weight excluding hydrogens is 222 g/mol. The van der Waals surface area contributed by atoms with Crippen molar-refractivity contribution < 1.29 is 4.74 Å². The van der Waals surface area contributed by atoms with Crippen molar-refractivity contribution in [3.05, 3.63) is 29.8 Å². The van der Waals surface area contributed by atoms with Crippen LogP contribution in [0.5, 0.6) is 5.75 Å². The van der Waals surface area contributed by atoms with E-state index in [4.69, 9.17) is 4.74 Å². The summed E-state index contributed by atoms with van der Waals surface area (Å²) in [6, 6.07) is 9.06. The number of rotatable bonds is 8. The van der Waals surface area contributed by atoms with Crippen molar-refractivity contribution in [3.8, 4) is 5.75 Å². The van der Waals surface area contributed by atoms with Gasteiger partial charge in [-0.05, 0) is 43.4 Å². The number of hydrogen-bond acceptors (Lipinski definition) is 2. The second-order valence-corrected chi connectivity index (χ2v) is 4.99. The Hall–Kier alpha value is -1.02. The molecular formula is C16H27NO. The zero-order valence-corrected chi connectivity index (χ0v) is 12.2. The molecule has 2 unspecified atom stereocenters. The van der Waals surface area contributed by atoms with Gasteiger partial charge in [0.2, 0.25) is 0 Å². The molecule has 18 heavy (non-hydrogen) atoms. The highest BCUT2D eigenvalue weighted by molar-refractivity contribution is 5.29. The molecule has 1 aromatic carbocycles. The lowest BCUT2D eigenvalue weighted by Gasteiger charge is -2.13. The van der Waals surface area contributed by atoms with Gasteiger partial charge in [0, 0.05) is 12.6 Å². The molecule has 0 fully saturated rings. The van der Waals surface area contributed by atoms with Crippen LogP contribution in [0.4, 0.5) is 0 Å². The SMILES string of the molecule is CCC(C)NCCOc1ccc(C(C)CC)cc1. The van der Waals surface area contributed by atoms with Crippen molar-refractivity contribution >= 4 is 0 Å². The summed E-state index contributed by atoms with van der Waals surface area (Å²) in [5.41, 5.74) is 1.39. The van der Waals surface area contributed by atoms with Crippen LogP contribution >= 0.6 is 0 Å². The molecule has 0 spiro atoms. The van der Waals surface area contributed by atoms with E-state index in [0.717, 1.165) is 25.3 Å². The summed E-state index contributed by atoms with van der Waals surface area (Å²) in [6.45, 7) is 10.5. The minimum atomic E-state index is 0.571. The standard InChI is InChI=1S/C16H27NO/c1-5-13(3)15-7-9-16(10-8-15)18-12-11-17-14(4)6-2/h7-10,13-14,17H,5-6,11-12H2,1-4H3. The zero-order valence-electron chi connectivity index (χ0n) is 12.2. The number of nitrogens with one attached hydrogen (secondary N) is 1. The summed E-state index contributed by atoms with van der Waals surface area (Å²) in [5.74, 6) is 1.60. The van der Waals surface area contributed by atoms with Gasteiger partial charge in [0.15, 0.2) is 0 Å². The molecule has 0 saturated heterocycles. The first-order valence-electron chi connectivity index (χ1n) is 7.13. The van der Waals surface area contributed by atoms with Crippen LogP contribution in [0.25, 0.3) is 0 Å². The van der Waals surface area contributed by atoms with Crippen LogP contribution < -0.4 is 10.1 Å². The molecule has 0 amide bonds. The number of ether oxygens (including phenoxy) is 1. The van der Waals surface area contributed by atoms with Crippen molar-refractivity contribution in [2.75, 3.05) is 13.2 Å². The van der Waals surface area contributed by atoms with Crippen LogP contribution in [0.15, 0.2) is 24.3 Å². The van der Waals surface area contributed by atoms with E-state index in [2.05, 4.69) is 57.3 Å². The Balaban J connectivity index is 2.31. The molecule has 0 aromatic heterocycles. The minimum absolute atomic E-state index is 0.571. The van der Waals surface area contributed by atoms with Gasteiger partial charge in [-0.15, -0.1) is 0 Å². The van der Waals surface area contributed by atoms with Gasteiger partial charge < -0.3 is 10.1 Å². The Morgan fingerprint density at radius 2 is 1.72 bits per heavy atom. The van der Waals surface area contributed by atoms with E-state index >= 15 is 0 Å². The van der Waals surface area contributed by atoms with Crippen LogP contribution in [0, 0.1) is 0 Å². The van der Waals surface area contributed by atoms with Gasteiger partial charge in [0.05, 0.1) is 0 Å². The molecule has 0 radical (unpaired) electrons. The minimum Gasteiger partial charge on any atom is -0.492 e. The van der Waals surface area contributed by atoms with Gasteiger partial charge in [-0.3, -0.25) is 0 Å². The van der Waals surface area contributed by atoms with Crippen molar-refractivity contribution in [2.24, 2.45) is 0 Å². The summed E-state index contributed by atoms with van der Waals surface area (Å²) in [4.78, 5) is 0. The Morgan fingerprint density at radius 3 is 2.28 bits per heavy atom. The average molecular weight is 249 g/mol. The molecule has 1 aromatic rings. The molecule has 2 heteroatoms. The number of hydrogen-bond donors (Lipinski definition) is 1. The topological polar surface area (TPSA) is 21.3 Å². The van der Waals surface area contributed by atoms with E-state index in [-0.39, 0.29) is 0 Å². The van der Waals surface area contributed by atoms with Gasteiger partial charge in [-0.25, -0.2) is 0 Å². The summed E-state index contributed by atoms with van der Waals surface area (Å²) < 4.78 is 5.71. The second kappa shape index (κ2) is 8.15. The van der Waals surface area contributed by atoms with Gasteiger partial charge >= 0.3 is 0 Å². The highest BCUT2D eigenvalue weighted by atomic mass is 16.5. The molecule has 0 bridgehead atoms. The van der Waals surface area contributed by atoms with Crippen LogP contribution in [-0.4, -0.2) is 19.2 Å². The third kappa shape index (κ3) is 5.09. The fourth-order valence-corrected chi connectivity index (χ4v) is 1.75. The smallest absolute Gasteiger partial charge is 0.119 e. The fraction of sp³-hybridized carbons (Fsp3) is 0.625. The maximum absolute atomic E-state index is 5.71. The van der Waals surface area contributed by atoms with Crippen molar-refractivity contribution in [3.63, 3.8) is 0 Å². The van der Waals surface area contributed by atoms with E-state index in [0.29, 0.717) is 12.0 Å². The molecule has 0 aliphatic carbocycles. The third-order valence-corrected chi connectivity index (χ3v) is 3.54. The molecule has 0 heterocycles. The summed E-state index contributed by atoms with van der Waals surface area (Å²) in [5, 5.41) is 3.42. The van der Waals surface area contributed by atoms with E-state index in [1.165, 1.54) is 12.0 Å². The maximum atomic E-state index is 5.71.